The van der Waals surface area contributed by atoms with Crippen LogP contribution in [0.2, 0.25) is 0 Å². The van der Waals surface area contributed by atoms with E-state index in [1.54, 1.807) is 6.08 Å². The molecule has 0 aliphatic heterocycles. The van der Waals surface area contributed by atoms with Crippen molar-refractivity contribution in [2.45, 2.75) is 315 Å². The number of ether oxygens (including phenoxy) is 1. The molecule has 0 saturated heterocycles. The number of carbonyl (C=O) groups is 2. The summed E-state index contributed by atoms with van der Waals surface area (Å²) in [4.78, 5) is 24.5. The minimum Gasteiger partial charge on any atom is -0.466 e. The molecule has 0 fully saturated rings. The van der Waals surface area contributed by atoms with Crippen molar-refractivity contribution in [1.82, 2.24) is 5.32 Å². The lowest BCUT2D eigenvalue weighted by Crippen LogP contribution is -2.45. The Hall–Kier alpha value is -2.18. The minimum atomic E-state index is -0.861. The number of aliphatic hydroxyl groups excluding tert-OH is 2. The molecule has 6 nitrogen and oxygen atoms in total. The quantitative estimate of drug-likeness (QED) is 0.0244. The zero-order chi connectivity index (χ0) is 48.6. The van der Waals surface area contributed by atoms with Crippen LogP contribution in [-0.2, 0) is 14.3 Å². The molecular formula is C61H113NO5. The largest absolute Gasteiger partial charge is 0.466 e. The second-order valence-corrected chi connectivity index (χ2v) is 20.0. The molecule has 0 spiro atoms. The summed E-state index contributed by atoms with van der Waals surface area (Å²) in [5, 5.41) is 23.2. The fraction of sp³-hybridized carbons (Fsp3) is 0.836. The van der Waals surface area contributed by atoms with E-state index in [1.165, 1.54) is 199 Å². The van der Waals surface area contributed by atoms with E-state index in [0.29, 0.717) is 19.4 Å². The predicted molar refractivity (Wildman–Crippen MR) is 292 cm³/mol. The van der Waals surface area contributed by atoms with Crippen molar-refractivity contribution < 1.29 is 24.5 Å². The van der Waals surface area contributed by atoms with Gasteiger partial charge in [0.15, 0.2) is 0 Å². The van der Waals surface area contributed by atoms with E-state index in [9.17, 15) is 19.8 Å². The summed E-state index contributed by atoms with van der Waals surface area (Å²) in [6.45, 7) is 4.83. The van der Waals surface area contributed by atoms with Crippen molar-refractivity contribution in [3.63, 3.8) is 0 Å². The molecule has 3 N–H and O–H groups in total. The SMILES string of the molecule is CCCCC/C=C\CCCCCCCC(=O)OCCCCC/C=C\C=C/CCCCCCCCC(=O)NC(CO)C(O)/C=C/CCCCCCCCCCCCCCCCCCCCCCC. The average molecular weight is 941 g/mol. The smallest absolute Gasteiger partial charge is 0.305 e. The molecule has 1 amide bonds. The van der Waals surface area contributed by atoms with Crippen molar-refractivity contribution >= 4 is 11.9 Å². The van der Waals surface area contributed by atoms with E-state index < -0.39 is 12.1 Å². The van der Waals surface area contributed by atoms with Crippen LogP contribution < -0.4 is 5.32 Å². The molecule has 0 saturated carbocycles. The lowest BCUT2D eigenvalue weighted by Gasteiger charge is -2.20. The van der Waals surface area contributed by atoms with Crippen molar-refractivity contribution in [3.8, 4) is 0 Å². The van der Waals surface area contributed by atoms with Gasteiger partial charge in [-0.2, -0.15) is 0 Å². The number of hydrogen-bond donors (Lipinski definition) is 3. The van der Waals surface area contributed by atoms with Gasteiger partial charge in [0.1, 0.15) is 0 Å². The molecule has 0 aliphatic carbocycles. The number of nitrogens with one attached hydrogen (secondary N) is 1. The molecule has 67 heavy (non-hydrogen) atoms. The summed E-state index contributed by atoms with van der Waals surface area (Å²) in [5.41, 5.74) is 0. The summed E-state index contributed by atoms with van der Waals surface area (Å²) in [7, 11) is 0. The van der Waals surface area contributed by atoms with Crippen molar-refractivity contribution in [2.24, 2.45) is 0 Å². The molecule has 0 aromatic carbocycles. The van der Waals surface area contributed by atoms with E-state index in [0.717, 1.165) is 77.0 Å². The maximum Gasteiger partial charge on any atom is 0.305 e. The third kappa shape index (κ3) is 53.0. The fourth-order valence-corrected chi connectivity index (χ4v) is 8.80. The third-order valence-corrected chi connectivity index (χ3v) is 13.3. The van der Waals surface area contributed by atoms with Crippen LogP contribution >= 0.6 is 0 Å². The average Bonchev–Trinajstić information content (AvgIpc) is 3.33. The van der Waals surface area contributed by atoms with Gasteiger partial charge in [-0.05, 0) is 89.9 Å². The number of unbranched alkanes of at least 4 members (excludes halogenated alkanes) is 38. The lowest BCUT2D eigenvalue weighted by molar-refractivity contribution is -0.143. The zero-order valence-corrected chi connectivity index (χ0v) is 44.6. The molecule has 0 rings (SSSR count). The van der Waals surface area contributed by atoms with Gasteiger partial charge in [-0.1, -0.05) is 249 Å². The van der Waals surface area contributed by atoms with Gasteiger partial charge in [0.2, 0.25) is 5.91 Å². The number of esters is 1. The number of amides is 1. The topological polar surface area (TPSA) is 95.9 Å². The maximum absolute atomic E-state index is 12.5. The first-order chi connectivity index (χ1) is 33.0. The van der Waals surface area contributed by atoms with Gasteiger partial charge in [-0.15, -0.1) is 0 Å². The van der Waals surface area contributed by atoms with Gasteiger partial charge in [-0.3, -0.25) is 9.59 Å². The molecule has 6 heteroatoms. The van der Waals surface area contributed by atoms with E-state index >= 15 is 0 Å². The number of aliphatic hydroxyl groups is 2. The van der Waals surface area contributed by atoms with Crippen LogP contribution in [0.25, 0.3) is 0 Å². The zero-order valence-electron chi connectivity index (χ0n) is 44.6. The first kappa shape index (κ1) is 64.8. The second-order valence-electron chi connectivity index (χ2n) is 20.0. The molecule has 0 bridgehead atoms. The third-order valence-electron chi connectivity index (χ3n) is 13.3. The van der Waals surface area contributed by atoms with Gasteiger partial charge in [0.25, 0.3) is 0 Å². The van der Waals surface area contributed by atoms with Gasteiger partial charge >= 0.3 is 5.97 Å². The Balaban J connectivity index is 3.56. The molecule has 0 aromatic heterocycles. The predicted octanol–water partition coefficient (Wildman–Crippen LogP) is 18.2. The van der Waals surface area contributed by atoms with Gasteiger partial charge in [-0.25, -0.2) is 0 Å². The van der Waals surface area contributed by atoms with Crippen LogP contribution in [0.5, 0.6) is 0 Å². The fourth-order valence-electron chi connectivity index (χ4n) is 8.80. The molecule has 0 aliphatic rings. The van der Waals surface area contributed by atoms with E-state index in [2.05, 4.69) is 55.6 Å². The Morgan fingerprint density at radius 1 is 0.418 bits per heavy atom. The normalized spacial score (nSPS) is 13.0. The first-order valence-corrected chi connectivity index (χ1v) is 29.4. The Bertz CT molecular complexity index is 1130. The van der Waals surface area contributed by atoms with Crippen molar-refractivity contribution in [1.29, 1.82) is 0 Å². The van der Waals surface area contributed by atoms with Crippen LogP contribution in [0.3, 0.4) is 0 Å². The highest BCUT2D eigenvalue weighted by atomic mass is 16.5. The monoisotopic (exact) mass is 940 g/mol. The molecule has 2 atom stereocenters. The molecule has 0 aromatic rings. The summed E-state index contributed by atoms with van der Waals surface area (Å²) in [6, 6.07) is -0.646. The van der Waals surface area contributed by atoms with Gasteiger partial charge in [0.05, 0.1) is 25.4 Å². The summed E-state index contributed by atoms with van der Waals surface area (Å²) in [6.07, 6.45) is 71.4. The van der Waals surface area contributed by atoms with Crippen molar-refractivity contribution in [3.05, 3.63) is 48.6 Å². The van der Waals surface area contributed by atoms with Crippen LogP contribution in [0.15, 0.2) is 48.6 Å². The second kappa shape index (κ2) is 56.4. The van der Waals surface area contributed by atoms with E-state index in [4.69, 9.17) is 4.74 Å². The Labute approximate surface area is 416 Å². The number of carbonyl (C=O) groups excluding carboxylic acids is 2. The number of hydrogen-bond acceptors (Lipinski definition) is 5. The highest BCUT2D eigenvalue weighted by Gasteiger charge is 2.18. The molecule has 2 unspecified atom stereocenters. The summed E-state index contributed by atoms with van der Waals surface area (Å²) in [5.74, 6) is -0.122. The minimum absolute atomic E-state index is 0.0331. The van der Waals surface area contributed by atoms with Gasteiger partial charge in [0, 0.05) is 12.8 Å². The van der Waals surface area contributed by atoms with Crippen LogP contribution in [0.1, 0.15) is 303 Å². The highest BCUT2D eigenvalue weighted by molar-refractivity contribution is 5.76. The van der Waals surface area contributed by atoms with Crippen LogP contribution in [0, 0.1) is 0 Å². The van der Waals surface area contributed by atoms with E-state index in [-0.39, 0.29) is 18.5 Å². The summed E-state index contributed by atoms with van der Waals surface area (Å²) >= 11 is 0. The number of allylic oxidation sites excluding steroid dienone is 7. The maximum atomic E-state index is 12.5. The standard InChI is InChI=1S/C61H113NO5/c1-3-5-7-9-11-13-15-17-18-19-20-21-22-23-24-25-27-30-33-37-41-45-49-53-59(64)58(57-63)62-60(65)54-50-46-42-38-34-31-28-26-29-32-36-40-44-48-52-56-67-61(66)55-51-47-43-39-35-16-14-12-10-8-6-4-2/h12,14,26,29,32,36,49,53,58-59,63-64H,3-11,13,15-25,27-28,30-31,33-35,37-48,50-52,54-57H2,1-2H3,(H,62,65)/b14-12-,29-26-,36-32-,53-49+. The molecular weight excluding hydrogens is 827 g/mol. The summed E-state index contributed by atoms with van der Waals surface area (Å²) < 4.78 is 5.43. The van der Waals surface area contributed by atoms with Crippen LogP contribution in [-0.4, -0.2) is 47.4 Å². The Kier molecular flexibility index (Phi) is 54.6. The molecule has 392 valence electrons. The Morgan fingerprint density at radius 2 is 0.746 bits per heavy atom. The van der Waals surface area contributed by atoms with Crippen LogP contribution in [0.4, 0.5) is 0 Å². The first-order valence-electron chi connectivity index (χ1n) is 29.4. The molecule has 0 heterocycles. The highest BCUT2D eigenvalue weighted by Crippen LogP contribution is 2.16. The lowest BCUT2D eigenvalue weighted by atomic mass is 10.0. The number of rotatable bonds is 54. The van der Waals surface area contributed by atoms with Crippen molar-refractivity contribution in [2.75, 3.05) is 13.2 Å². The Morgan fingerprint density at radius 3 is 1.18 bits per heavy atom. The van der Waals surface area contributed by atoms with Gasteiger partial charge < -0.3 is 20.3 Å². The molecule has 0 radical (unpaired) electrons. The van der Waals surface area contributed by atoms with E-state index in [1.807, 2.05) is 6.08 Å².